The number of carbonyl (C=O) groups excluding carboxylic acids is 2. The van der Waals surface area contributed by atoms with Gasteiger partial charge in [0.1, 0.15) is 5.76 Å². The van der Waals surface area contributed by atoms with Crippen molar-refractivity contribution in [1.82, 2.24) is 30.4 Å². The van der Waals surface area contributed by atoms with E-state index in [1.54, 1.807) is 40.8 Å². The van der Waals surface area contributed by atoms with Crippen molar-refractivity contribution in [1.29, 1.82) is 0 Å². The van der Waals surface area contributed by atoms with Crippen molar-refractivity contribution < 1.29 is 14.0 Å². The van der Waals surface area contributed by atoms with Crippen molar-refractivity contribution in [2.24, 2.45) is 5.92 Å². The smallest absolute Gasteiger partial charge is 0.305 e. The standard InChI is InChI=1S/C18H21BrN6O3/c1-11(8-24-9-14(19)7-20-24)17(26)21-22-18(27)16-5-4-15(28-16)10-25-13(3)6-12(2)23-25/h4-7,9,11H,8,10H2,1-3H3,(H,21,26)(H,22,27)/t11-/m1/s1. The Morgan fingerprint density at radius 1 is 1.29 bits per heavy atom. The lowest BCUT2D eigenvalue weighted by molar-refractivity contribution is -0.125. The van der Waals surface area contributed by atoms with E-state index in [-0.39, 0.29) is 17.6 Å². The Bertz CT molecular complexity index is 989. The van der Waals surface area contributed by atoms with Crippen LogP contribution in [0.2, 0.25) is 0 Å². The molecule has 0 radical (unpaired) electrons. The zero-order valence-corrected chi connectivity index (χ0v) is 17.4. The summed E-state index contributed by atoms with van der Waals surface area (Å²) in [6, 6.07) is 5.24. The minimum atomic E-state index is -0.526. The number of aromatic nitrogens is 4. The van der Waals surface area contributed by atoms with Crippen LogP contribution in [0, 0.1) is 19.8 Å². The van der Waals surface area contributed by atoms with Crippen LogP contribution in [0.3, 0.4) is 0 Å². The number of amides is 2. The third-order valence-corrected chi connectivity index (χ3v) is 4.51. The Kier molecular flexibility index (Phi) is 5.98. The Morgan fingerprint density at radius 3 is 2.71 bits per heavy atom. The van der Waals surface area contributed by atoms with Gasteiger partial charge < -0.3 is 4.42 Å². The highest BCUT2D eigenvalue weighted by Crippen LogP contribution is 2.12. The van der Waals surface area contributed by atoms with Gasteiger partial charge in [-0.25, -0.2) is 0 Å². The van der Waals surface area contributed by atoms with E-state index < -0.39 is 5.91 Å². The van der Waals surface area contributed by atoms with E-state index in [2.05, 4.69) is 37.0 Å². The molecule has 2 N–H and O–H groups in total. The highest BCUT2D eigenvalue weighted by molar-refractivity contribution is 9.10. The van der Waals surface area contributed by atoms with Gasteiger partial charge in [-0.2, -0.15) is 10.2 Å². The molecule has 2 amide bonds. The van der Waals surface area contributed by atoms with E-state index in [9.17, 15) is 9.59 Å². The van der Waals surface area contributed by atoms with Gasteiger partial charge in [0.05, 0.1) is 35.4 Å². The number of aryl methyl sites for hydroxylation is 2. The maximum absolute atomic E-state index is 12.2. The fourth-order valence-corrected chi connectivity index (χ4v) is 3.00. The number of nitrogens with one attached hydrogen (secondary N) is 2. The van der Waals surface area contributed by atoms with Crippen molar-refractivity contribution in [3.63, 3.8) is 0 Å². The minimum Gasteiger partial charge on any atom is -0.454 e. The molecule has 0 aromatic carbocycles. The van der Waals surface area contributed by atoms with Crippen LogP contribution >= 0.6 is 15.9 Å². The highest BCUT2D eigenvalue weighted by atomic mass is 79.9. The van der Waals surface area contributed by atoms with E-state index in [4.69, 9.17) is 4.42 Å². The lowest BCUT2D eigenvalue weighted by Crippen LogP contribution is -2.44. The number of furan rings is 1. The van der Waals surface area contributed by atoms with Gasteiger partial charge in [-0.3, -0.25) is 29.8 Å². The quantitative estimate of drug-likeness (QED) is 0.562. The number of hydrazine groups is 1. The lowest BCUT2D eigenvalue weighted by Gasteiger charge is -2.12. The highest BCUT2D eigenvalue weighted by Gasteiger charge is 2.17. The Morgan fingerprint density at radius 2 is 2.07 bits per heavy atom. The van der Waals surface area contributed by atoms with Crippen LogP contribution < -0.4 is 10.9 Å². The van der Waals surface area contributed by atoms with Gasteiger partial charge in [0.2, 0.25) is 5.91 Å². The molecule has 3 heterocycles. The predicted molar refractivity (Wildman–Crippen MR) is 104 cm³/mol. The predicted octanol–water partition coefficient (Wildman–Crippen LogP) is 2.20. The maximum atomic E-state index is 12.2. The molecule has 0 saturated heterocycles. The average Bonchev–Trinajstić information content (AvgIpc) is 3.34. The normalized spacial score (nSPS) is 12.0. The van der Waals surface area contributed by atoms with E-state index in [0.29, 0.717) is 18.8 Å². The number of hydrogen-bond acceptors (Lipinski definition) is 5. The third-order valence-electron chi connectivity index (χ3n) is 4.10. The molecule has 148 valence electrons. The van der Waals surface area contributed by atoms with Crippen LogP contribution in [0.15, 0.2) is 39.5 Å². The van der Waals surface area contributed by atoms with Crippen LogP contribution in [0.5, 0.6) is 0 Å². The second kappa shape index (κ2) is 8.42. The number of nitrogens with zero attached hydrogens (tertiary/aromatic N) is 4. The summed E-state index contributed by atoms with van der Waals surface area (Å²) in [4.78, 5) is 24.4. The van der Waals surface area contributed by atoms with Crippen molar-refractivity contribution >= 4 is 27.7 Å². The molecule has 0 aliphatic heterocycles. The van der Waals surface area contributed by atoms with E-state index >= 15 is 0 Å². The molecule has 3 aromatic rings. The first-order chi connectivity index (χ1) is 13.3. The van der Waals surface area contributed by atoms with Gasteiger partial charge >= 0.3 is 5.91 Å². The molecular weight excluding hydrogens is 428 g/mol. The Hall–Kier alpha value is -2.88. The summed E-state index contributed by atoms with van der Waals surface area (Å²) in [5, 5.41) is 8.47. The molecule has 3 rings (SSSR count). The number of rotatable bonds is 6. The third kappa shape index (κ3) is 4.89. The topological polar surface area (TPSA) is 107 Å². The average molecular weight is 449 g/mol. The van der Waals surface area contributed by atoms with Crippen molar-refractivity contribution in [2.45, 2.75) is 33.9 Å². The van der Waals surface area contributed by atoms with Crippen molar-refractivity contribution in [3.05, 3.63) is 58.0 Å². The van der Waals surface area contributed by atoms with Crippen LogP contribution in [0.4, 0.5) is 0 Å². The summed E-state index contributed by atoms with van der Waals surface area (Å²) in [7, 11) is 0. The molecule has 0 aliphatic carbocycles. The van der Waals surface area contributed by atoms with E-state index in [1.807, 2.05) is 19.9 Å². The molecular formula is C18H21BrN6O3. The molecule has 0 bridgehead atoms. The molecule has 1 atom stereocenters. The molecule has 0 saturated carbocycles. The summed E-state index contributed by atoms with van der Waals surface area (Å²) >= 11 is 3.31. The zero-order chi connectivity index (χ0) is 20.3. The van der Waals surface area contributed by atoms with Gasteiger partial charge in [0.15, 0.2) is 5.76 Å². The summed E-state index contributed by atoms with van der Waals surface area (Å²) < 4.78 is 9.84. The second-order valence-corrected chi connectivity index (χ2v) is 7.49. The van der Waals surface area contributed by atoms with Crippen molar-refractivity contribution in [2.75, 3.05) is 0 Å². The number of carbonyl (C=O) groups is 2. The fraction of sp³-hybridized carbons (Fsp3) is 0.333. The van der Waals surface area contributed by atoms with Gasteiger partial charge in [-0.05, 0) is 48.0 Å². The molecule has 3 aromatic heterocycles. The summed E-state index contributed by atoms with van der Waals surface area (Å²) in [6.07, 6.45) is 3.42. The Balaban J connectivity index is 1.51. The first kappa shape index (κ1) is 19.9. The minimum absolute atomic E-state index is 0.112. The van der Waals surface area contributed by atoms with Crippen LogP contribution in [-0.4, -0.2) is 31.4 Å². The molecule has 10 heteroatoms. The summed E-state index contributed by atoms with van der Waals surface area (Å²) in [6.45, 7) is 6.43. The van der Waals surface area contributed by atoms with E-state index in [1.165, 1.54) is 0 Å². The molecule has 0 fully saturated rings. The van der Waals surface area contributed by atoms with Crippen LogP contribution in [0.25, 0.3) is 0 Å². The Labute approximate surface area is 170 Å². The van der Waals surface area contributed by atoms with E-state index in [0.717, 1.165) is 15.9 Å². The molecule has 28 heavy (non-hydrogen) atoms. The first-order valence-electron chi connectivity index (χ1n) is 8.69. The van der Waals surface area contributed by atoms with Crippen LogP contribution in [-0.2, 0) is 17.9 Å². The molecule has 0 spiro atoms. The summed E-state index contributed by atoms with van der Waals surface area (Å²) in [5.41, 5.74) is 6.70. The van der Waals surface area contributed by atoms with Gasteiger partial charge in [-0.15, -0.1) is 0 Å². The monoisotopic (exact) mass is 448 g/mol. The fourth-order valence-electron chi connectivity index (χ4n) is 2.67. The SMILES string of the molecule is Cc1cc(C)n(Cc2ccc(C(=O)NNC(=O)[C@H](C)Cn3cc(Br)cn3)o2)n1. The van der Waals surface area contributed by atoms with Gasteiger partial charge in [-0.1, -0.05) is 6.92 Å². The maximum Gasteiger partial charge on any atom is 0.305 e. The summed E-state index contributed by atoms with van der Waals surface area (Å²) in [5.74, 6) is -0.525. The van der Waals surface area contributed by atoms with Crippen molar-refractivity contribution in [3.8, 4) is 0 Å². The lowest BCUT2D eigenvalue weighted by atomic mass is 10.2. The zero-order valence-electron chi connectivity index (χ0n) is 15.8. The van der Waals surface area contributed by atoms with Gasteiger partial charge in [0.25, 0.3) is 0 Å². The van der Waals surface area contributed by atoms with Crippen LogP contribution in [0.1, 0.15) is 34.6 Å². The largest absolute Gasteiger partial charge is 0.454 e. The molecule has 0 aliphatic rings. The molecule has 9 nitrogen and oxygen atoms in total. The van der Waals surface area contributed by atoms with Gasteiger partial charge in [0, 0.05) is 11.9 Å². The molecule has 0 unspecified atom stereocenters. The number of hydrogen-bond donors (Lipinski definition) is 2. The number of halogens is 1. The second-order valence-electron chi connectivity index (χ2n) is 6.58. The first-order valence-corrected chi connectivity index (χ1v) is 9.49.